The summed E-state index contributed by atoms with van der Waals surface area (Å²) >= 11 is -1.46. The summed E-state index contributed by atoms with van der Waals surface area (Å²) in [6.07, 6.45) is 0. The van der Waals surface area contributed by atoms with Gasteiger partial charge in [0.05, 0.1) is 0 Å². The third-order valence-electron chi connectivity index (χ3n) is 4.73. The van der Waals surface area contributed by atoms with Crippen LogP contribution in [0.25, 0.3) is 10.8 Å². The van der Waals surface area contributed by atoms with Crippen LogP contribution < -0.4 is 8.70 Å². The Hall–Kier alpha value is -2.30. The van der Waals surface area contributed by atoms with Crippen molar-refractivity contribution in [3.8, 4) is 0 Å². The van der Waals surface area contributed by atoms with Crippen LogP contribution in [0.3, 0.4) is 0 Å². The monoisotopic (exact) mass is 384 g/mol. The van der Waals surface area contributed by atoms with Gasteiger partial charge in [-0.3, -0.25) is 0 Å². The first kappa shape index (κ1) is 16.2. The van der Waals surface area contributed by atoms with Gasteiger partial charge < -0.3 is 0 Å². The fourth-order valence-corrected chi connectivity index (χ4v) is 9.16. The Balaban J connectivity index is 1.87. The van der Waals surface area contributed by atoms with Gasteiger partial charge in [0.15, 0.2) is 0 Å². The van der Waals surface area contributed by atoms with Crippen molar-refractivity contribution in [2.24, 2.45) is 0 Å². The Labute approximate surface area is 154 Å². The van der Waals surface area contributed by atoms with Crippen LogP contribution in [0, 0.1) is 0 Å². The molecule has 1 unspecified atom stereocenters. The van der Waals surface area contributed by atoms with E-state index < -0.39 is 14.7 Å². The number of hydrogen-bond acceptors (Lipinski definition) is 0. The van der Waals surface area contributed by atoms with Gasteiger partial charge in [0.1, 0.15) is 0 Å². The minimum atomic E-state index is -1.46. The van der Waals surface area contributed by atoms with Crippen molar-refractivity contribution >= 4 is 34.1 Å². The van der Waals surface area contributed by atoms with E-state index >= 15 is 0 Å². The van der Waals surface area contributed by atoms with E-state index in [1.807, 2.05) is 0 Å². The van der Waals surface area contributed by atoms with E-state index in [-0.39, 0.29) is 0 Å². The van der Waals surface area contributed by atoms with Gasteiger partial charge in [-0.25, -0.2) is 0 Å². The Kier molecular flexibility index (Phi) is 4.72. The molecular formula is C24H21As. The second-order valence-electron chi connectivity index (χ2n) is 6.29. The average Bonchev–Trinajstić information content (AvgIpc) is 2.69. The van der Waals surface area contributed by atoms with E-state index in [0.29, 0.717) is 4.71 Å². The maximum atomic E-state index is 2.42. The zero-order valence-corrected chi connectivity index (χ0v) is 16.2. The molecule has 0 fully saturated rings. The molecule has 0 nitrogen and oxygen atoms in total. The Morgan fingerprint density at radius 3 is 1.72 bits per heavy atom. The predicted molar refractivity (Wildman–Crippen MR) is 110 cm³/mol. The average molecular weight is 384 g/mol. The van der Waals surface area contributed by atoms with Crippen molar-refractivity contribution in [1.82, 2.24) is 0 Å². The molecule has 0 aliphatic heterocycles. The molecule has 0 aromatic heterocycles. The number of hydrogen-bond donors (Lipinski definition) is 0. The van der Waals surface area contributed by atoms with E-state index in [9.17, 15) is 0 Å². The number of rotatable bonds is 4. The predicted octanol–water partition coefficient (Wildman–Crippen LogP) is 4.79. The quantitative estimate of drug-likeness (QED) is 0.444. The molecular weight excluding hydrogens is 363 g/mol. The fourth-order valence-electron chi connectivity index (χ4n) is 3.53. The van der Waals surface area contributed by atoms with Crippen molar-refractivity contribution in [3.05, 3.63) is 109 Å². The van der Waals surface area contributed by atoms with Gasteiger partial charge in [0, 0.05) is 0 Å². The van der Waals surface area contributed by atoms with Crippen molar-refractivity contribution in [2.45, 2.75) is 11.6 Å². The summed E-state index contributed by atoms with van der Waals surface area (Å²) in [5.74, 6) is 0. The van der Waals surface area contributed by atoms with Gasteiger partial charge in [0.2, 0.25) is 0 Å². The first-order chi connectivity index (χ1) is 12.3. The van der Waals surface area contributed by atoms with Crippen LogP contribution in [0.15, 0.2) is 103 Å². The summed E-state index contributed by atoms with van der Waals surface area (Å²) in [6.45, 7) is 2.42. The second-order valence-corrected chi connectivity index (χ2v) is 11.6. The molecule has 4 aromatic carbocycles. The third-order valence-corrected chi connectivity index (χ3v) is 10.5. The van der Waals surface area contributed by atoms with E-state index in [1.54, 1.807) is 0 Å². The molecule has 0 spiro atoms. The molecule has 0 aliphatic carbocycles. The molecule has 25 heavy (non-hydrogen) atoms. The van der Waals surface area contributed by atoms with Gasteiger partial charge in [-0.1, -0.05) is 0 Å². The van der Waals surface area contributed by atoms with Crippen LogP contribution in [-0.2, 0) is 0 Å². The molecule has 0 heterocycles. The van der Waals surface area contributed by atoms with Crippen LogP contribution in [0.5, 0.6) is 0 Å². The Morgan fingerprint density at radius 1 is 0.560 bits per heavy atom. The molecule has 0 N–H and O–H groups in total. The van der Waals surface area contributed by atoms with E-state index in [0.717, 1.165) is 0 Å². The first-order valence-electron chi connectivity index (χ1n) is 8.71. The molecule has 0 aliphatic rings. The Morgan fingerprint density at radius 2 is 1.08 bits per heavy atom. The summed E-state index contributed by atoms with van der Waals surface area (Å²) < 4.78 is 3.56. The summed E-state index contributed by atoms with van der Waals surface area (Å²) in [7, 11) is 0. The second kappa shape index (κ2) is 7.29. The number of benzene rings is 4. The molecule has 4 aromatic rings. The molecule has 4 rings (SSSR count). The fraction of sp³-hybridized carbons (Fsp3) is 0.0833. The summed E-state index contributed by atoms with van der Waals surface area (Å²) in [4.78, 5) is 0. The maximum absolute atomic E-state index is 2.42. The topological polar surface area (TPSA) is 0 Å². The van der Waals surface area contributed by atoms with Gasteiger partial charge >= 0.3 is 154 Å². The number of fused-ring (bicyclic) bond motifs is 1. The van der Waals surface area contributed by atoms with E-state index in [1.165, 1.54) is 25.0 Å². The van der Waals surface area contributed by atoms with E-state index in [2.05, 4.69) is 110 Å². The zero-order chi connectivity index (χ0) is 17.1. The van der Waals surface area contributed by atoms with Crippen molar-refractivity contribution < 1.29 is 0 Å². The van der Waals surface area contributed by atoms with Crippen molar-refractivity contribution in [3.63, 3.8) is 0 Å². The van der Waals surface area contributed by atoms with Crippen LogP contribution in [0.1, 0.15) is 17.2 Å². The zero-order valence-electron chi connectivity index (χ0n) is 14.3. The molecule has 0 saturated carbocycles. The first-order valence-corrected chi connectivity index (χ1v) is 11.7. The standard InChI is InChI=1S/C24H21As/c1-19(23-18-10-12-20-11-8-9-17-24(20)23)25(21-13-4-2-5-14-21)22-15-6-3-7-16-22/h2-19H,1H3. The minimum absolute atomic E-state index is 0.531. The molecule has 0 radical (unpaired) electrons. The van der Waals surface area contributed by atoms with Crippen LogP contribution in [0.2, 0.25) is 0 Å². The van der Waals surface area contributed by atoms with Gasteiger partial charge in [0.25, 0.3) is 0 Å². The molecule has 1 heteroatoms. The molecule has 1 atom stereocenters. The normalized spacial score (nSPS) is 12.4. The van der Waals surface area contributed by atoms with Crippen LogP contribution >= 0.6 is 0 Å². The van der Waals surface area contributed by atoms with Crippen LogP contribution in [-0.4, -0.2) is 14.7 Å². The van der Waals surface area contributed by atoms with Crippen LogP contribution in [0.4, 0.5) is 0 Å². The SMILES string of the molecule is CC(c1cccc2ccccc12)[As](c1ccccc1)c1ccccc1. The summed E-state index contributed by atoms with van der Waals surface area (Å²) in [5.41, 5.74) is 1.48. The Bertz CT molecular complexity index is 916. The van der Waals surface area contributed by atoms with Gasteiger partial charge in [-0.15, -0.1) is 0 Å². The van der Waals surface area contributed by atoms with Gasteiger partial charge in [-0.2, -0.15) is 0 Å². The molecule has 0 amide bonds. The molecule has 122 valence electrons. The summed E-state index contributed by atoms with van der Waals surface area (Å²) in [6, 6.07) is 37.7. The molecule has 0 bridgehead atoms. The van der Waals surface area contributed by atoms with Crippen molar-refractivity contribution in [1.29, 1.82) is 0 Å². The van der Waals surface area contributed by atoms with Gasteiger partial charge in [-0.05, 0) is 0 Å². The summed E-state index contributed by atoms with van der Waals surface area (Å²) in [5, 5.41) is 2.73. The molecule has 0 saturated heterocycles. The van der Waals surface area contributed by atoms with E-state index in [4.69, 9.17) is 0 Å². The van der Waals surface area contributed by atoms with Crippen molar-refractivity contribution in [2.75, 3.05) is 0 Å². The third kappa shape index (κ3) is 3.28.